The van der Waals surface area contributed by atoms with Crippen LogP contribution in [-0.4, -0.2) is 24.9 Å². The van der Waals surface area contributed by atoms with E-state index in [0.717, 1.165) is 18.4 Å². The Kier molecular flexibility index (Phi) is 5.19. The Labute approximate surface area is 130 Å². The summed E-state index contributed by atoms with van der Waals surface area (Å²) < 4.78 is 11.8. The Balaban J connectivity index is 2.05. The van der Waals surface area contributed by atoms with Gasteiger partial charge in [-0.15, -0.1) is 0 Å². The molecule has 0 radical (unpaired) electrons. The van der Waals surface area contributed by atoms with E-state index in [0.29, 0.717) is 35.4 Å². The summed E-state index contributed by atoms with van der Waals surface area (Å²) in [6.45, 7) is 5.23. The summed E-state index contributed by atoms with van der Waals surface area (Å²) >= 11 is 12.2. The minimum Gasteiger partial charge on any atom is -0.489 e. The zero-order valence-corrected chi connectivity index (χ0v) is 13.4. The average Bonchev–Trinajstić information content (AvgIpc) is 2.68. The summed E-state index contributed by atoms with van der Waals surface area (Å²) in [6, 6.07) is 3.55. The zero-order chi connectivity index (χ0) is 14.8. The van der Waals surface area contributed by atoms with E-state index >= 15 is 0 Å². The first-order valence-electron chi connectivity index (χ1n) is 6.90. The van der Waals surface area contributed by atoms with Crippen LogP contribution in [-0.2, 0) is 11.2 Å². The molecule has 0 bridgehead atoms. The molecular formula is C15H21Cl2NO2. The minimum atomic E-state index is -0.0576. The lowest BCUT2D eigenvalue weighted by atomic mass is 10.1. The van der Waals surface area contributed by atoms with Crippen molar-refractivity contribution in [2.24, 2.45) is 5.73 Å². The average molecular weight is 318 g/mol. The van der Waals surface area contributed by atoms with E-state index in [-0.39, 0.29) is 11.7 Å². The number of hydrogen-bond donors (Lipinski definition) is 1. The van der Waals surface area contributed by atoms with Crippen molar-refractivity contribution < 1.29 is 9.47 Å². The normalized spacial score (nSPS) is 21.1. The molecule has 0 spiro atoms. The van der Waals surface area contributed by atoms with Gasteiger partial charge in [-0.2, -0.15) is 0 Å². The van der Waals surface area contributed by atoms with Crippen LogP contribution in [0.5, 0.6) is 5.75 Å². The summed E-state index contributed by atoms with van der Waals surface area (Å²) in [5.74, 6) is 0.676. The van der Waals surface area contributed by atoms with Gasteiger partial charge in [0, 0.05) is 5.02 Å². The molecule has 3 nitrogen and oxygen atoms in total. The van der Waals surface area contributed by atoms with Crippen LogP contribution in [0.1, 0.15) is 32.3 Å². The van der Waals surface area contributed by atoms with Gasteiger partial charge in [0.1, 0.15) is 12.4 Å². The van der Waals surface area contributed by atoms with Gasteiger partial charge in [-0.25, -0.2) is 0 Å². The lowest BCUT2D eigenvalue weighted by Crippen LogP contribution is -2.24. The quantitative estimate of drug-likeness (QED) is 0.897. The molecule has 1 fully saturated rings. The van der Waals surface area contributed by atoms with Gasteiger partial charge in [-0.1, -0.05) is 23.2 Å². The van der Waals surface area contributed by atoms with Gasteiger partial charge in [0.25, 0.3) is 0 Å². The molecule has 1 saturated heterocycles. The number of nitrogens with two attached hydrogens (primary N) is 1. The van der Waals surface area contributed by atoms with Crippen LogP contribution in [0.25, 0.3) is 0 Å². The second-order valence-corrected chi connectivity index (χ2v) is 6.61. The van der Waals surface area contributed by atoms with Crippen LogP contribution in [0.4, 0.5) is 0 Å². The van der Waals surface area contributed by atoms with Crippen LogP contribution < -0.4 is 10.5 Å². The van der Waals surface area contributed by atoms with Crippen molar-refractivity contribution in [3.63, 3.8) is 0 Å². The first-order chi connectivity index (χ1) is 9.41. The standard InChI is InChI=1S/C15H21Cl2NO2/c1-15(2)5-3-12(20-15)9-19-14-10(4-6-18)7-11(16)8-13(14)17/h7-8,12H,3-6,9,18H2,1-2H3. The van der Waals surface area contributed by atoms with E-state index in [9.17, 15) is 0 Å². The topological polar surface area (TPSA) is 44.5 Å². The number of rotatable bonds is 5. The maximum atomic E-state index is 6.22. The smallest absolute Gasteiger partial charge is 0.141 e. The molecule has 1 aliphatic heterocycles. The highest BCUT2D eigenvalue weighted by atomic mass is 35.5. The van der Waals surface area contributed by atoms with Gasteiger partial charge in [0.05, 0.1) is 16.7 Å². The van der Waals surface area contributed by atoms with Gasteiger partial charge < -0.3 is 15.2 Å². The fraction of sp³-hybridized carbons (Fsp3) is 0.600. The molecule has 1 atom stereocenters. The molecule has 0 amide bonds. The van der Waals surface area contributed by atoms with E-state index in [1.807, 2.05) is 6.07 Å². The Morgan fingerprint density at radius 2 is 2.15 bits per heavy atom. The van der Waals surface area contributed by atoms with Crippen molar-refractivity contribution in [3.05, 3.63) is 27.7 Å². The Hall–Kier alpha value is -0.480. The molecule has 0 aliphatic carbocycles. The number of ether oxygens (including phenoxy) is 2. The van der Waals surface area contributed by atoms with Crippen LogP contribution in [0.3, 0.4) is 0 Å². The third kappa shape index (κ3) is 4.01. The summed E-state index contributed by atoms with van der Waals surface area (Å²) in [7, 11) is 0. The van der Waals surface area contributed by atoms with Crippen LogP contribution in [0.2, 0.25) is 10.0 Å². The third-order valence-corrected chi connectivity index (χ3v) is 3.97. The zero-order valence-electron chi connectivity index (χ0n) is 11.9. The monoisotopic (exact) mass is 317 g/mol. The molecule has 1 aromatic carbocycles. The molecule has 1 aliphatic rings. The highest BCUT2D eigenvalue weighted by Gasteiger charge is 2.32. The van der Waals surface area contributed by atoms with Gasteiger partial charge in [-0.3, -0.25) is 0 Å². The van der Waals surface area contributed by atoms with E-state index < -0.39 is 0 Å². The molecule has 1 unspecified atom stereocenters. The molecule has 0 saturated carbocycles. The van der Waals surface area contributed by atoms with Crippen LogP contribution in [0.15, 0.2) is 12.1 Å². The number of halogens is 2. The minimum absolute atomic E-state index is 0.0576. The SMILES string of the molecule is CC1(C)CCC(COc2c(Cl)cc(Cl)cc2CCN)O1. The second-order valence-electron chi connectivity index (χ2n) is 5.76. The molecule has 5 heteroatoms. The lowest BCUT2D eigenvalue weighted by Gasteiger charge is -2.20. The Morgan fingerprint density at radius 1 is 1.40 bits per heavy atom. The molecular weight excluding hydrogens is 297 g/mol. The summed E-state index contributed by atoms with van der Waals surface area (Å²) in [5.41, 5.74) is 6.51. The maximum absolute atomic E-state index is 6.22. The Morgan fingerprint density at radius 3 is 2.75 bits per heavy atom. The first kappa shape index (κ1) is 15.9. The van der Waals surface area contributed by atoms with Crippen LogP contribution >= 0.6 is 23.2 Å². The summed E-state index contributed by atoms with van der Waals surface area (Å²) in [5, 5.41) is 1.13. The molecule has 2 N–H and O–H groups in total. The Bertz CT molecular complexity index is 477. The van der Waals surface area contributed by atoms with Gasteiger partial charge in [0.15, 0.2) is 0 Å². The van der Waals surface area contributed by atoms with Crippen molar-refractivity contribution in [2.45, 2.75) is 44.8 Å². The molecule has 112 valence electrons. The van der Waals surface area contributed by atoms with Gasteiger partial charge >= 0.3 is 0 Å². The highest BCUT2D eigenvalue weighted by Crippen LogP contribution is 2.34. The third-order valence-electron chi connectivity index (χ3n) is 3.47. The number of benzene rings is 1. The summed E-state index contributed by atoms with van der Waals surface area (Å²) in [6.07, 6.45) is 2.85. The number of hydrogen-bond acceptors (Lipinski definition) is 3. The van der Waals surface area contributed by atoms with Gasteiger partial charge in [0.2, 0.25) is 0 Å². The van der Waals surface area contributed by atoms with Crippen molar-refractivity contribution >= 4 is 23.2 Å². The van der Waals surface area contributed by atoms with Crippen molar-refractivity contribution in [3.8, 4) is 5.75 Å². The van der Waals surface area contributed by atoms with E-state index in [1.165, 1.54) is 0 Å². The lowest BCUT2D eigenvalue weighted by molar-refractivity contribution is -0.0327. The van der Waals surface area contributed by atoms with E-state index in [2.05, 4.69) is 13.8 Å². The second kappa shape index (κ2) is 6.52. The van der Waals surface area contributed by atoms with E-state index in [4.69, 9.17) is 38.4 Å². The van der Waals surface area contributed by atoms with Crippen LogP contribution in [0, 0.1) is 0 Å². The van der Waals surface area contributed by atoms with Crippen molar-refractivity contribution in [1.82, 2.24) is 0 Å². The molecule has 2 rings (SSSR count). The molecule has 1 heterocycles. The molecule has 0 aromatic heterocycles. The largest absolute Gasteiger partial charge is 0.489 e. The first-order valence-corrected chi connectivity index (χ1v) is 7.65. The fourth-order valence-electron chi connectivity index (χ4n) is 2.49. The van der Waals surface area contributed by atoms with E-state index in [1.54, 1.807) is 6.07 Å². The highest BCUT2D eigenvalue weighted by molar-refractivity contribution is 6.35. The molecule has 1 aromatic rings. The fourth-order valence-corrected chi connectivity index (χ4v) is 3.08. The predicted octanol–water partition coefficient (Wildman–Crippen LogP) is 3.83. The summed E-state index contributed by atoms with van der Waals surface area (Å²) in [4.78, 5) is 0. The maximum Gasteiger partial charge on any atom is 0.141 e. The predicted molar refractivity (Wildman–Crippen MR) is 82.9 cm³/mol. The van der Waals surface area contributed by atoms with Crippen molar-refractivity contribution in [1.29, 1.82) is 0 Å². The van der Waals surface area contributed by atoms with Gasteiger partial charge in [-0.05, 0) is 57.4 Å². The molecule has 20 heavy (non-hydrogen) atoms. The van der Waals surface area contributed by atoms with Crippen molar-refractivity contribution in [2.75, 3.05) is 13.2 Å².